The summed E-state index contributed by atoms with van der Waals surface area (Å²) in [4.78, 5) is 2.15. The topological polar surface area (TPSA) is 28.4 Å². The summed E-state index contributed by atoms with van der Waals surface area (Å²) in [6.07, 6.45) is 0.862. The van der Waals surface area contributed by atoms with Crippen molar-refractivity contribution in [3.63, 3.8) is 0 Å². The Balaban J connectivity index is 2.08. The molecule has 0 amide bonds. The molecule has 1 atom stereocenters. The minimum absolute atomic E-state index is 0.206. The molecule has 1 N–H and O–H groups in total. The SMILES string of the molecule is CCc1ccc([C@H](CF)N2CCNCC2)o1. The number of rotatable bonds is 4. The molecule has 90 valence electrons. The van der Waals surface area contributed by atoms with Crippen LogP contribution in [0.4, 0.5) is 4.39 Å². The van der Waals surface area contributed by atoms with Crippen LogP contribution in [0, 0.1) is 0 Å². The van der Waals surface area contributed by atoms with E-state index in [9.17, 15) is 4.39 Å². The highest BCUT2D eigenvalue weighted by Gasteiger charge is 2.24. The molecule has 3 nitrogen and oxygen atoms in total. The molecule has 0 aliphatic carbocycles. The summed E-state index contributed by atoms with van der Waals surface area (Å²) >= 11 is 0. The smallest absolute Gasteiger partial charge is 0.124 e. The van der Waals surface area contributed by atoms with E-state index in [1.807, 2.05) is 19.1 Å². The van der Waals surface area contributed by atoms with Gasteiger partial charge in [0.25, 0.3) is 0 Å². The third kappa shape index (κ3) is 2.44. The lowest BCUT2D eigenvalue weighted by Crippen LogP contribution is -2.45. The molecule has 1 aliphatic heterocycles. The Morgan fingerprint density at radius 1 is 1.44 bits per heavy atom. The zero-order chi connectivity index (χ0) is 11.4. The maximum absolute atomic E-state index is 13.1. The zero-order valence-electron chi connectivity index (χ0n) is 9.71. The predicted molar refractivity (Wildman–Crippen MR) is 61.2 cm³/mol. The molecule has 1 aromatic rings. The molecule has 0 unspecified atom stereocenters. The second-order valence-electron chi connectivity index (χ2n) is 4.11. The summed E-state index contributed by atoms with van der Waals surface area (Å²) < 4.78 is 18.8. The summed E-state index contributed by atoms with van der Waals surface area (Å²) in [5.74, 6) is 1.70. The van der Waals surface area contributed by atoms with E-state index in [2.05, 4.69) is 10.2 Å². The van der Waals surface area contributed by atoms with Gasteiger partial charge in [0.15, 0.2) is 0 Å². The minimum Gasteiger partial charge on any atom is -0.464 e. The van der Waals surface area contributed by atoms with Crippen molar-refractivity contribution in [2.24, 2.45) is 0 Å². The molecule has 1 fully saturated rings. The average Bonchev–Trinajstić information content (AvgIpc) is 2.80. The van der Waals surface area contributed by atoms with Crippen molar-refractivity contribution in [1.82, 2.24) is 10.2 Å². The molecule has 0 saturated carbocycles. The third-order valence-corrected chi connectivity index (χ3v) is 3.10. The molecule has 1 aliphatic rings. The highest BCUT2D eigenvalue weighted by molar-refractivity contribution is 5.11. The van der Waals surface area contributed by atoms with E-state index in [-0.39, 0.29) is 12.7 Å². The highest BCUT2D eigenvalue weighted by atomic mass is 19.1. The Morgan fingerprint density at radius 3 is 2.75 bits per heavy atom. The first-order chi connectivity index (χ1) is 7.85. The highest BCUT2D eigenvalue weighted by Crippen LogP contribution is 2.24. The first-order valence-corrected chi connectivity index (χ1v) is 5.94. The second-order valence-corrected chi connectivity index (χ2v) is 4.11. The molecule has 2 rings (SSSR count). The number of nitrogens with one attached hydrogen (secondary N) is 1. The van der Waals surface area contributed by atoms with Crippen LogP contribution in [0.5, 0.6) is 0 Å². The van der Waals surface area contributed by atoms with Gasteiger partial charge < -0.3 is 9.73 Å². The van der Waals surface area contributed by atoms with Crippen molar-refractivity contribution in [2.75, 3.05) is 32.9 Å². The first kappa shape index (κ1) is 11.6. The lowest BCUT2D eigenvalue weighted by molar-refractivity contribution is 0.129. The van der Waals surface area contributed by atoms with Crippen LogP contribution in [0.25, 0.3) is 0 Å². The fourth-order valence-corrected chi connectivity index (χ4v) is 2.11. The Bertz CT molecular complexity index is 321. The van der Waals surface area contributed by atoms with E-state index in [1.165, 1.54) is 0 Å². The van der Waals surface area contributed by atoms with E-state index in [0.29, 0.717) is 0 Å². The van der Waals surface area contributed by atoms with Crippen molar-refractivity contribution >= 4 is 0 Å². The van der Waals surface area contributed by atoms with Gasteiger partial charge in [0.2, 0.25) is 0 Å². The summed E-state index contributed by atoms with van der Waals surface area (Å²) in [5.41, 5.74) is 0. The normalized spacial score (nSPS) is 19.9. The van der Waals surface area contributed by atoms with Gasteiger partial charge >= 0.3 is 0 Å². The Labute approximate surface area is 95.6 Å². The van der Waals surface area contributed by atoms with Crippen molar-refractivity contribution < 1.29 is 8.81 Å². The molecular weight excluding hydrogens is 207 g/mol. The fraction of sp³-hybridized carbons (Fsp3) is 0.667. The summed E-state index contributed by atoms with van der Waals surface area (Å²) in [6.45, 7) is 5.29. The van der Waals surface area contributed by atoms with Gasteiger partial charge in [-0.1, -0.05) is 6.92 Å². The quantitative estimate of drug-likeness (QED) is 0.848. The summed E-state index contributed by atoms with van der Waals surface area (Å²) in [5, 5.41) is 3.27. The van der Waals surface area contributed by atoms with Gasteiger partial charge in [0, 0.05) is 32.6 Å². The van der Waals surface area contributed by atoms with Gasteiger partial charge in [-0.3, -0.25) is 4.90 Å². The number of alkyl halides is 1. The molecule has 0 radical (unpaired) electrons. The number of nitrogens with zero attached hydrogens (tertiary/aromatic N) is 1. The van der Waals surface area contributed by atoms with Crippen LogP contribution in [0.3, 0.4) is 0 Å². The zero-order valence-corrected chi connectivity index (χ0v) is 9.71. The molecule has 1 saturated heterocycles. The molecule has 16 heavy (non-hydrogen) atoms. The number of furan rings is 1. The van der Waals surface area contributed by atoms with Crippen LogP contribution >= 0.6 is 0 Å². The van der Waals surface area contributed by atoms with Gasteiger partial charge in [-0.15, -0.1) is 0 Å². The van der Waals surface area contributed by atoms with E-state index in [1.54, 1.807) is 0 Å². The van der Waals surface area contributed by atoms with Crippen LogP contribution in [0.1, 0.15) is 24.5 Å². The second kappa shape index (κ2) is 5.46. The van der Waals surface area contributed by atoms with E-state index in [4.69, 9.17) is 4.42 Å². The molecule has 4 heteroatoms. The van der Waals surface area contributed by atoms with Crippen LogP contribution in [0.2, 0.25) is 0 Å². The van der Waals surface area contributed by atoms with E-state index in [0.717, 1.165) is 44.1 Å². The lowest BCUT2D eigenvalue weighted by atomic mass is 10.2. The van der Waals surface area contributed by atoms with Crippen LogP contribution in [-0.4, -0.2) is 37.8 Å². The largest absolute Gasteiger partial charge is 0.464 e. The van der Waals surface area contributed by atoms with Gasteiger partial charge in [-0.05, 0) is 12.1 Å². The van der Waals surface area contributed by atoms with Gasteiger partial charge in [-0.25, -0.2) is 4.39 Å². The molecular formula is C12H19FN2O. The van der Waals surface area contributed by atoms with Crippen molar-refractivity contribution in [3.8, 4) is 0 Å². The standard InChI is InChI=1S/C12H19FN2O/c1-2-10-3-4-12(16-10)11(9-13)15-7-5-14-6-8-15/h3-4,11,14H,2,5-9H2,1H3/t11-/m0/s1. The van der Waals surface area contributed by atoms with Crippen LogP contribution in [0.15, 0.2) is 16.5 Å². The number of piperazine rings is 1. The molecule has 1 aromatic heterocycles. The number of aryl methyl sites for hydroxylation is 1. The third-order valence-electron chi connectivity index (χ3n) is 3.10. The average molecular weight is 226 g/mol. The molecule has 0 spiro atoms. The Hall–Kier alpha value is -0.870. The summed E-state index contributed by atoms with van der Waals surface area (Å²) in [6, 6.07) is 3.65. The van der Waals surface area contributed by atoms with Crippen molar-refractivity contribution in [2.45, 2.75) is 19.4 Å². The van der Waals surface area contributed by atoms with Crippen molar-refractivity contribution in [3.05, 3.63) is 23.7 Å². The van der Waals surface area contributed by atoms with E-state index < -0.39 is 0 Å². The summed E-state index contributed by atoms with van der Waals surface area (Å²) in [7, 11) is 0. The first-order valence-electron chi connectivity index (χ1n) is 5.94. The maximum Gasteiger partial charge on any atom is 0.124 e. The fourth-order valence-electron chi connectivity index (χ4n) is 2.11. The monoisotopic (exact) mass is 226 g/mol. The Kier molecular flexibility index (Phi) is 3.96. The van der Waals surface area contributed by atoms with Gasteiger partial charge in [0.1, 0.15) is 18.2 Å². The number of halogens is 1. The molecule has 0 bridgehead atoms. The number of hydrogen-bond donors (Lipinski definition) is 1. The molecule has 2 heterocycles. The minimum atomic E-state index is -0.378. The van der Waals surface area contributed by atoms with E-state index >= 15 is 0 Å². The Morgan fingerprint density at radius 2 is 2.19 bits per heavy atom. The molecule has 0 aromatic carbocycles. The van der Waals surface area contributed by atoms with Crippen molar-refractivity contribution in [1.29, 1.82) is 0 Å². The predicted octanol–water partition coefficient (Wildman–Crippen LogP) is 1.76. The van der Waals surface area contributed by atoms with Gasteiger partial charge in [0.05, 0.1) is 6.04 Å². The maximum atomic E-state index is 13.1. The number of hydrogen-bond acceptors (Lipinski definition) is 3. The lowest BCUT2D eigenvalue weighted by Gasteiger charge is -2.32. The van der Waals surface area contributed by atoms with Crippen LogP contribution < -0.4 is 5.32 Å². The van der Waals surface area contributed by atoms with Gasteiger partial charge in [-0.2, -0.15) is 0 Å². The van der Waals surface area contributed by atoms with Crippen LogP contribution in [-0.2, 0) is 6.42 Å².